The molecule has 1 atom stereocenters. The lowest BCUT2D eigenvalue weighted by atomic mass is 10.1. The number of benzene rings is 1. The first-order valence-corrected chi connectivity index (χ1v) is 7.25. The average Bonchev–Trinajstić information content (AvgIpc) is 2.68. The van der Waals surface area contributed by atoms with Crippen LogP contribution in [0.4, 0.5) is 0 Å². The third kappa shape index (κ3) is 2.51. The highest BCUT2D eigenvalue weighted by atomic mass is 79.9. The molecule has 0 aliphatic carbocycles. The summed E-state index contributed by atoms with van der Waals surface area (Å²) in [5, 5.41) is 10.7. The van der Waals surface area contributed by atoms with Crippen LogP contribution in [-0.2, 0) is 0 Å². The van der Waals surface area contributed by atoms with Crippen molar-refractivity contribution in [1.29, 1.82) is 0 Å². The topological polar surface area (TPSA) is 20.2 Å². The second kappa shape index (κ2) is 5.19. The van der Waals surface area contributed by atoms with Crippen LogP contribution in [0.3, 0.4) is 0 Å². The SMILES string of the molecule is OC(c1ccc(Br)s1)c1cccc(Br)c1Cl. The zero-order valence-electron chi connectivity index (χ0n) is 7.95. The molecule has 0 amide bonds. The molecule has 0 aliphatic rings. The minimum atomic E-state index is -0.679. The molecule has 2 rings (SSSR count). The van der Waals surface area contributed by atoms with Gasteiger partial charge in [-0.15, -0.1) is 11.3 Å². The molecule has 1 N–H and O–H groups in total. The largest absolute Gasteiger partial charge is 0.383 e. The smallest absolute Gasteiger partial charge is 0.115 e. The predicted molar refractivity (Wildman–Crippen MR) is 75.2 cm³/mol. The van der Waals surface area contributed by atoms with Crippen LogP contribution in [0.2, 0.25) is 5.02 Å². The minimum Gasteiger partial charge on any atom is -0.383 e. The van der Waals surface area contributed by atoms with Gasteiger partial charge in [-0.3, -0.25) is 0 Å². The molecule has 84 valence electrons. The van der Waals surface area contributed by atoms with E-state index in [1.807, 2.05) is 30.3 Å². The number of aliphatic hydroxyl groups is 1. The lowest BCUT2D eigenvalue weighted by Crippen LogP contribution is -1.98. The van der Waals surface area contributed by atoms with Gasteiger partial charge in [-0.1, -0.05) is 23.7 Å². The van der Waals surface area contributed by atoms with Gasteiger partial charge in [0.15, 0.2) is 0 Å². The lowest BCUT2D eigenvalue weighted by Gasteiger charge is -2.11. The summed E-state index contributed by atoms with van der Waals surface area (Å²) in [5.41, 5.74) is 0.713. The minimum absolute atomic E-state index is 0.555. The van der Waals surface area contributed by atoms with Crippen LogP contribution in [0.5, 0.6) is 0 Å². The molecule has 16 heavy (non-hydrogen) atoms. The third-order valence-corrected chi connectivity index (χ3v) is 5.13. The van der Waals surface area contributed by atoms with Gasteiger partial charge in [-0.05, 0) is 50.1 Å². The van der Waals surface area contributed by atoms with Gasteiger partial charge in [0.2, 0.25) is 0 Å². The van der Waals surface area contributed by atoms with Crippen LogP contribution >= 0.6 is 54.8 Å². The maximum absolute atomic E-state index is 10.2. The predicted octanol–water partition coefficient (Wildman–Crippen LogP) is 5.01. The fraction of sp³-hybridized carbons (Fsp3) is 0.0909. The first-order chi connectivity index (χ1) is 7.59. The second-order valence-corrected chi connectivity index (χ2v) is 6.91. The summed E-state index contributed by atoms with van der Waals surface area (Å²) in [7, 11) is 0. The van der Waals surface area contributed by atoms with Gasteiger partial charge >= 0.3 is 0 Å². The molecule has 1 unspecified atom stereocenters. The molecule has 0 spiro atoms. The maximum Gasteiger partial charge on any atom is 0.115 e. The van der Waals surface area contributed by atoms with Crippen LogP contribution in [0.25, 0.3) is 0 Å². The van der Waals surface area contributed by atoms with E-state index < -0.39 is 6.10 Å². The van der Waals surface area contributed by atoms with E-state index in [1.165, 1.54) is 11.3 Å². The fourth-order valence-corrected chi connectivity index (χ4v) is 3.40. The first-order valence-electron chi connectivity index (χ1n) is 4.47. The molecule has 5 heteroatoms. The van der Waals surface area contributed by atoms with Crippen LogP contribution in [0.15, 0.2) is 38.6 Å². The Bertz CT molecular complexity index is 512. The Morgan fingerprint density at radius 3 is 2.56 bits per heavy atom. The van der Waals surface area contributed by atoms with Crippen LogP contribution in [-0.4, -0.2) is 5.11 Å². The van der Waals surface area contributed by atoms with E-state index in [1.54, 1.807) is 0 Å². The summed E-state index contributed by atoms with van der Waals surface area (Å²) >= 11 is 14.3. The van der Waals surface area contributed by atoms with Crippen molar-refractivity contribution in [3.05, 3.63) is 54.1 Å². The average molecular weight is 383 g/mol. The Morgan fingerprint density at radius 2 is 1.94 bits per heavy atom. The summed E-state index contributed by atoms with van der Waals surface area (Å²) < 4.78 is 1.79. The Hall–Kier alpha value is 0.130. The highest BCUT2D eigenvalue weighted by Gasteiger charge is 2.16. The molecule has 0 saturated carbocycles. The third-order valence-electron chi connectivity index (χ3n) is 2.14. The molecule has 0 aliphatic heterocycles. The Balaban J connectivity index is 2.41. The molecule has 1 heterocycles. The van der Waals surface area contributed by atoms with Crippen LogP contribution < -0.4 is 0 Å². The molecule has 0 saturated heterocycles. The quantitative estimate of drug-likeness (QED) is 0.774. The van der Waals surface area contributed by atoms with Gasteiger partial charge in [0, 0.05) is 14.9 Å². The molecule has 1 aromatic heterocycles. The monoisotopic (exact) mass is 380 g/mol. The van der Waals surface area contributed by atoms with Crippen molar-refractivity contribution in [3.63, 3.8) is 0 Å². The summed E-state index contributed by atoms with van der Waals surface area (Å²) in [6.45, 7) is 0. The van der Waals surface area contributed by atoms with Crippen LogP contribution in [0.1, 0.15) is 16.5 Å². The molecule has 1 aromatic carbocycles. The van der Waals surface area contributed by atoms with Gasteiger partial charge in [0.25, 0.3) is 0 Å². The molecule has 2 aromatic rings. The lowest BCUT2D eigenvalue weighted by molar-refractivity contribution is 0.224. The molecular weight excluding hydrogens is 375 g/mol. The van der Waals surface area contributed by atoms with Crippen molar-refractivity contribution in [1.82, 2.24) is 0 Å². The zero-order chi connectivity index (χ0) is 11.7. The van der Waals surface area contributed by atoms with Gasteiger partial charge in [0.1, 0.15) is 6.10 Å². The van der Waals surface area contributed by atoms with Crippen molar-refractivity contribution in [3.8, 4) is 0 Å². The second-order valence-electron chi connectivity index (χ2n) is 3.19. The number of hydrogen-bond donors (Lipinski definition) is 1. The first kappa shape index (κ1) is 12.6. The van der Waals surface area contributed by atoms with Gasteiger partial charge < -0.3 is 5.11 Å². The van der Waals surface area contributed by atoms with Gasteiger partial charge in [-0.2, -0.15) is 0 Å². The number of hydrogen-bond acceptors (Lipinski definition) is 2. The maximum atomic E-state index is 10.2. The summed E-state index contributed by atoms with van der Waals surface area (Å²) in [6.07, 6.45) is -0.679. The molecule has 1 nitrogen and oxygen atoms in total. The highest BCUT2D eigenvalue weighted by Crippen LogP contribution is 2.36. The number of aliphatic hydroxyl groups excluding tert-OH is 1. The standard InChI is InChI=1S/C11H7Br2ClOS/c12-7-3-1-2-6(10(7)14)11(15)8-4-5-9(13)16-8/h1-5,11,15H. The molecular formula is C11H7Br2ClOS. The zero-order valence-corrected chi connectivity index (χ0v) is 12.7. The van der Waals surface area contributed by atoms with Crippen molar-refractivity contribution in [2.24, 2.45) is 0 Å². The highest BCUT2D eigenvalue weighted by molar-refractivity contribution is 9.11. The van der Waals surface area contributed by atoms with E-state index in [4.69, 9.17) is 11.6 Å². The normalized spacial score (nSPS) is 12.8. The van der Waals surface area contributed by atoms with Crippen molar-refractivity contribution >= 4 is 54.8 Å². The van der Waals surface area contributed by atoms with E-state index >= 15 is 0 Å². The Morgan fingerprint density at radius 1 is 1.19 bits per heavy atom. The van der Waals surface area contributed by atoms with Crippen molar-refractivity contribution < 1.29 is 5.11 Å². The van der Waals surface area contributed by atoms with Crippen molar-refractivity contribution in [2.45, 2.75) is 6.10 Å². The van der Waals surface area contributed by atoms with Gasteiger partial charge in [-0.25, -0.2) is 0 Å². The number of thiophene rings is 1. The molecule has 0 bridgehead atoms. The number of rotatable bonds is 2. The molecule has 0 radical (unpaired) electrons. The van der Waals surface area contributed by atoms with Gasteiger partial charge in [0.05, 0.1) is 8.81 Å². The molecule has 0 fully saturated rings. The summed E-state index contributed by atoms with van der Waals surface area (Å²) in [4.78, 5) is 0.867. The fourth-order valence-electron chi connectivity index (χ4n) is 1.36. The number of halogens is 3. The van der Waals surface area contributed by atoms with E-state index in [-0.39, 0.29) is 0 Å². The summed E-state index contributed by atoms with van der Waals surface area (Å²) in [6, 6.07) is 9.33. The Labute approximate surface area is 119 Å². The Kier molecular flexibility index (Phi) is 4.08. The van der Waals surface area contributed by atoms with Crippen LogP contribution in [0, 0.1) is 0 Å². The van der Waals surface area contributed by atoms with Crippen molar-refractivity contribution in [2.75, 3.05) is 0 Å². The van der Waals surface area contributed by atoms with E-state index in [2.05, 4.69) is 31.9 Å². The summed E-state index contributed by atoms with van der Waals surface area (Å²) in [5.74, 6) is 0. The van der Waals surface area contributed by atoms with E-state index in [9.17, 15) is 5.11 Å². The van der Waals surface area contributed by atoms with E-state index in [0.29, 0.717) is 10.6 Å². The van der Waals surface area contributed by atoms with E-state index in [0.717, 1.165) is 13.1 Å².